The van der Waals surface area contributed by atoms with E-state index in [9.17, 15) is 14.7 Å². The predicted octanol–water partition coefficient (Wildman–Crippen LogP) is 2.52. The Morgan fingerprint density at radius 1 is 1.25 bits per heavy atom. The van der Waals surface area contributed by atoms with Gasteiger partial charge in [-0.25, -0.2) is 4.79 Å². The van der Waals surface area contributed by atoms with Gasteiger partial charge in [0.15, 0.2) is 0 Å². The average Bonchev–Trinajstić information content (AvgIpc) is 2.95. The van der Waals surface area contributed by atoms with E-state index in [1.165, 1.54) is 4.90 Å². The number of likely N-dealkylation sites (tertiary alicyclic amines) is 1. The number of nitrogens with zero attached hydrogens (tertiary/aromatic N) is 1. The zero-order valence-electron chi connectivity index (χ0n) is 14.8. The van der Waals surface area contributed by atoms with Crippen LogP contribution in [0.1, 0.15) is 67.4 Å². The summed E-state index contributed by atoms with van der Waals surface area (Å²) >= 11 is 0. The van der Waals surface area contributed by atoms with E-state index >= 15 is 0 Å². The van der Waals surface area contributed by atoms with Crippen LogP contribution in [0.5, 0.6) is 5.75 Å². The molecule has 1 aromatic rings. The number of urea groups is 1. The number of nitrogens with one attached hydrogen (secondary N) is 1. The van der Waals surface area contributed by atoms with Gasteiger partial charge in [-0.2, -0.15) is 0 Å². The van der Waals surface area contributed by atoms with Crippen molar-refractivity contribution in [1.29, 1.82) is 0 Å². The first-order chi connectivity index (χ1) is 11.2. The normalized spacial score (nSPS) is 17.6. The third-order valence-corrected chi connectivity index (χ3v) is 4.53. The molecule has 0 spiro atoms. The van der Waals surface area contributed by atoms with Crippen molar-refractivity contribution in [3.63, 3.8) is 0 Å². The lowest BCUT2D eigenvalue weighted by molar-refractivity contribution is 0.0935. The number of primary amides is 1. The monoisotopic (exact) mass is 333 g/mol. The molecule has 1 aliphatic rings. The number of benzene rings is 1. The predicted molar refractivity (Wildman–Crippen MR) is 93.3 cm³/mol. The molecule has 0 bridgehead atoms. The number of hydrogen-bond acceptors (Lipinski definition) is 3. The van der Waals surface area contributed by atoms with Gasteiger partial charge in [-0.15, -0.1) is 0 Å². The van der Waals surface area contributed by atoms with Crippen molar-refractivity contribution in [1.82, 2.24) is 10.2 Å². The summed E-state index contributed by atoms with van der Waals surface area (Å²) in [6, 6.07) is 3.10. The van der Waals surface area contributed by atoms with Crippen LogP contribution in [0, 0.1) is 0 Å². The molecule has 24 heavy (non-hydrogen) atoms. The molecule has 1 saturated heterocycles. The maximum absolute atomic E-state index is 12.6. The highest BCUT2D eigenvalue weighted by molar-refractivity contribution is 5.97. The van der Waals surface area contributed by atoms with E-state index in [1.807, 2.05) is 19.9 Å². The van der Waals surface area contributed by atoms with Crippen LogP contribution in [0.2, 0.25) is 0 Å². The standard InChI is InChI=1S/C18H27N3O3/c1-10(2)12-7-14(11(3)4)16(22)15(8-12)17(23)20-13-5-6-21(9-13)18(19)24/h7-8,10-11,13,22H,5-6,9H2,1-4H3,(H2,19,24)(H,20,23). The highest BCUT2D eigenvalue weighted by Gasteiger charge is 2.27. The summed E-state index contributed by atoms with van der Waals surface area (Å²) < 4.78 is 0. The Morgan fingerprint density at radius 3 is 2.42 bits per heavy atom. The van der Waals surface area contributed by atoms with Crippen molar-refractivity contribution in [2.45, 2.75) is 52.0 Å². The summed E-state index contributed by atoms with van der Waals surface area (Å²) in [5.41, 5.74) is 7.36. The van der Waals surface area contributed by atoms with Crippen molar-refractivity contribution in [2.75, 3.05) is 13.1 Å². The number of aromatic hydroxyl groups is 1. The minimum Gasteiger partial charge on any atom is -0.507 e. The van der Waals surface area contributed by atoms with Gasteiger partial charge in [-0.3, -0.25) is 4.79 Å². The fourth-order valence-electron chi connectivity index (χ4n) is 2.97. The minimum atomic E-state index is -0.474. The highest BCUT2D eigenvalue weighted by atomic mass is 16.3. The SMILES string of the molecule is CC(C)c1cc(C(=O)NC2CCN(C(N)=O)C2)c(O)c(C(C)C)c1. The van der Waals surface area contributed by atoms with E-state index in [1.54, 1.807) is 6.07 Å². The Hall–Kier alpha value is -2.24. The molecule has 1 atom stereocenters. The van der Waals surface area contributed by atoms with E-state index in [0.717, 1.165) is 11.1 Å². The molecule has 1 unspecified atom stereocenters. The number of phenolic OH excluding ortho intramolecular Hbond substituents is 1. The Balaban J connectivity index is 2.24. The van der Waals surface area contributed by atoms with E-state index in [2.05, 4.69) is 19.2 Å². The van der Waals surface area contributed by atoms with E-state index in [0.29, 0.717) is 25.1 Å². The molecular weight excluding hydrogens is 306 g/mol. The third-order valence-electron chi connectivity index (χ3n) is 4.53. The molecule has 0 radical (unpaired) electrons. The summed E-state index contributed by atoms with van der Waals surface area (Å²) in [5.74, 6) is 0.100. The van der Waals surface area contributed by atoms with Crippen LogP contribution in [-0.2, 0) is 0 Å². The second kappa shape index (κ2) is 7.11. The van der Waals surface area contributed by atoms with Crippen molar-refractivity contribution in [2.24, 2.45) is 5.73 Å². The van der Waals surface area contributed by atoms with Gasteiger partial charge < -0.3 is 21.1 Å². The van der Waals surface area contributed by atoms with Gasteiger partial charge in [-0.1, -0.05) is 33.8 Å². The largest absolute Gasteiger partial charge is 0.507 e. The van der Waals surface area contributed by atoms with E-state index in [-0.39, 0.29) is 29.5 Å². The maximum Gasteiger partial charge on any atom is 0.314 e. The molecule has 1 heterocycles. The minimum absolute atomic E-state index is 0.0386. The summed E-state index contributed by atoms with van der Waals surface area (Å²) in [4.78, 5) is 25.3. The molecule has 6 heteroatoms. The van der Waals surface area contributed by atoms with Crippen molar-refractivity contribution in [3.8, 4) is 5.75 Å². The number of phenols is 1. The quantitative estimate of drug-likeness (QED) is 0.790. The first kappa shape index (κ1) is 18.1. The van der Waals surface area contributed by atoms with Crippen molar-refractivity contribution in [3.05, 3.63) is 28.8 Å². The first-order valence-corrected chi connectivity index (χ1v) is 8.42. The molecule has 1 aliphatic heterocycles. The van der Waals surface area contributed by atoms with Crippen molar-refractivity contribution >= 4 is 11.9 Å². The number of hydrogen-bond donors (Lipinski definition) is 3. The Kier molecular flexibility index (Phi) is 5.36. The van der Waals surface area contributed by atoms with Crippen LogP contribution >= 0.6 is 0 Å². The lowest BCUT2D eigenvalue weighted by Crippen LogP contribution is -2.40. The first-order valence-electron chi connectivity index (χ1n) is 8.42. The fraction of sp³-hybridized carbons (Fsp3) is 0.556. The highest BCUT2D eigenvalue weighted by Crippen LogP contribution is 2.33. The second-order valence-corrected chi connectivity index (χ2v) is 7.06. The zero-order chi connectivity index (χ0) is 18.0. The molecule has 132 valence electrons. The van der Waals surface area contributed by atoms with Crippen LogP contribution in [0.25, 0.3) is 0 Å². The maximum atomic E-state index is 12.6. The van der Waals surface area contributed by atoms with Gasteiger partial charge in [0.05, 0.1) is 5.56 Å². The van der Waals surface area contributed by atoms with Crippen LogP contribution in [-0.4, -0.2) is 41.1 Å². The number of rotatable bonds is 4. The molecule has 2 rings (SSSR count). The molecule has 3 amide bonds. The molecule has 0 aromatic heterocycles. The number of carbonyl (C=O) groups excluding carboxylic acids is 2. The number of amides is 3. The topological polar surface area (TPSA) is 95.7 Å². The fourth-order valence-corrected chi connectivity index (χ4v) is 2.97. The average molecular weight is 333 g/mol. The second-order valence-electron chi connectivity index (χ2n) is 7.06. The lowest BCUT2D eigenvalue weighted by atomic mass is 9.91. The number of nitrogens with two attached hydrogens (primary N) is 1. The van der Waals surface area contributed by atoms with E-state index < -0.39 is 6.03 Å². The zero-order valence-corrected chi connectivity index (χ0v) is 14.8. The summed E-state index contributed by atoms with van der Waals surface area (Å²) in [6.45, 7) is 9.03. The van der Waals surface area contributed by atoms with Gasteiger partial charge in [0.25, 0.3) is 5.91 Å². The van der Waals surface area contributed by atoms with Crippen LogP contribution in [0.3, 0.4) is 0 Å². The summed E-state index contributed by atoms with van der Waals surface area (Å²) in [6.07, 6.45) is 0.663. The van der Waals surface area contributed by atoms with Gasteiger partial charge in [0.1, 0.15) is 5.75 Å². The van der Waals surface area contributed by atoms with Crippen LogP contribution < -0.4 is 11.1 Å². The Bertz CT molecular complexity index is 641. The third kappa shape index (κ3) is 3.80. The summed E-state index contributed by atoms with van der Waals surface area (Å²) in [5, 5.41) is 13.4. The Morgan fingerprint density at radius 2 is 1.92 bits per heavy atom. The molecule has 1 aromatic carbocycles. The molecule has 1 fully saturated rings. The molecule has 0 saturated carbocycles. The molecule has 0 aliphatic carbocycles. The molecule has 4 N–H and O–H groups in total. The number of carbonyl (C=O) groups is 2. The van der Waals surface area contributed by atoms with Gasteiger partial charge >= 0.3 is 6.03 Å². The van der Waals surface area contributed by atoms with Gasteiger partial charge in [-0.05, 0) is 35.4 Å². The van der Waals surface area contributed by atoms with Crippen molar-refractivity contribution < 1.29 is 14.7 Å². The van der Waals surface area contributed by atoms with Crippen LogP contribution in [0.15, 0.2) is 12.1 Å². The molecular formula is C18H27N3O3. The van der Waals surface area contributed by atoms with E-state index in [4.69, 9.17) is 5.73 Å². The lowest BCUT2D eigenvalue weighted by Gasteiger charge is -2.19. The summed E-state index contributed by atoms with van der Waals surface area (Å²) in [7, 11) is 0. The van der Waals surface area contributed by atoms with Crippen LogP contribution in [0.4, 0.5) is 4.79 Å². The Labute approximate surface area is 143 Å². The van der Waals surface area contributed by atoms with Gasteiger partial charge in [0.2, 0.25) is 0 Å². The smallest absolute Gasteiger partial charge is 0.314 e. The van der Waals surface area contributed by atoms with Gasteiger partial charge in [0, 0.05) is 19.1 Å². The molecule has 6 nitrogen and oxygen atoms in total.